The molecule has 1 N–H and O–H groups in total. The van der Waals surface area contributed by atoms with Crippen LogP contribution in [0.2, 0.25) is 0 Å². The third kappa shape index (κ3) is 3.64. The van der Waals surface area contributed by atoms with Crippen LogP contribution in [0.1, 0.15) is 46.4 Å². The van der Waals surface area contributed by atoms with E-state index in [2.05, 4.69) is 5.32 Å². The van der Waals surface area contributed by atoms with Gasteiger partial charge < -0.3 is 19.5 Å². The summed E-state index contributed by atoms with van der Waals surface area (Å²) in [5.41, 5.74) is 0.478. The van der Waals surface area contributed by atoms with Gasteiger partial charge in [-0.3, -0.25) is 14.4 Å². The zero-order valence-electron chi connectivity index (χ0n) is 16.7. The predicted octanol–water partition coefficient (Wildman–Crippen LogP) is 1.96. The molecule has 1 aromatic heterocycles. The maximum Gasteiger partial charge on any atom is 0.255 e. The summed E-state index contributed by atoms with van der Waals surface area (Å²) in [5.74, 6) is 0.416. The number of amides is 2. The van der Waals surface area contributed by atoms with E-state index < -0.39 is 5.60 Å². The lowest BCUT2D eigenvalue weighted by Crippen LogP contribution is -2.51. The van der Waals surface area contributed by atoms with E-state index in [1.54, 1.807) is 37.3 Å². The molecule has 2 aliphatic rings. The lowest BCUT2D eigenvalue weighted by Gasteiger charge is -2.42. The molecule has 4 rings (SSSR count). The maximum atomic E-state index is 12.9. The van der Waals surface area contributed by atoms with Crippen LogP contribution >= 0.6 is 0 Å². The largest absolute Gasteiger partial charge is 0.485 e. The molecular formula is C22H25N3O4. The molecule has 0 saturated heterocycles. The zero-order valence-corrected chi connectivity index (χ0v) is 16.7. The van der Waals surface area contributed by atoms with Crippen molar-refractivity contribution in [1.29, 1.82) is 0 Å². The van der Waals surface area contributed by atoms with E-state index in [9.17, 15) is 14.4 Å². The number of hydrogen-bond acceptors (Lipinski definition) is 4. The Bertz CT molecular complexity index is 1010. The van der Waals surface area contributed by atoms with Crippen molar-refractivity contribution in [3.05, 3.63) is 64.1 Å². The number of rotatable bonds is 2. The molecule has 7 heteroatoms. The van der Waals surface area contributed by atoms with Crippen LogP contribution < -0.4 is 15.6 Å². The molecule has 2 aromatic rings. The Morgan fingerprint density at radius 1 is 1.17 bits per heavy atom. The van der Waals surface area contributed by atoms with Crippen molar-refractivity contribution in [3.8, 4) is 5.75 Å². The minimum Gasteiger partial charge on any atom is -0.485 e. The van der Waals surface area contributed by atoms with Crippen molar-refractivity contribution in [2.45, 2.75) is 37.3 Å². The van der Waals surface area contributed by atoms with Crippen LogP contribution in [0.3, 0.4) is 0 Å². The summed E-state index contributed by atoms with van der Waals surface area (Å²) in [5, 5.41) is 2.99. The summed E-state index contributed by atoms with van der Waals surface area (Å²) in [6.45, 7) is 0.464. The summed E-state index contributed by atoms with van der Waals surface area (Å²) in [4.78, 5) is 38.5. The number of nitrogens with one attached hydrogen (secondary N) is 1. The average molecular weight is 395 g/mol. The molecule has 1 aromatic carbocycles. The van der Waals surface area contributed by atoms with Gasteiger partial charge in [-0.25, -0.2) is 0 Å². The van der Waals surface area contributed by atoms with E-state index in [0.29, 0.717) is 23.4 Å². The Morgan fingerprint density at radius 2 is 1.90 bits per heavy atom. The molecule has 0 radical (unpaired) electrons. The van der Waals surface area contributed by atoms with Gasteiger partial charge >= 0.3 is 0 Å². The number of aromatic nitrogens is 1. The minimum absolute atomic E-state index is 0.0863. The molecule has 0 bridgehead atoms. The first-order chi connectivity index (χ1) is 13.9. The van der Waals surface area contributed by atoms with Crippen LogP contribution in [0.4, 0.5) is 0 Å². The van der Waals surface area contributed by atoms with E-state index in [1.807, 2.05) is 18.2 Å². The van der Waals surface area contributed by atoms with Crippen molar-refractivity contribution in [2.75, 3.05) is 13.6 Å². The first-order valence-corrected chi connectivity index (χ1v) is 9.89. The van der Waals surface area contributed by atoms with Crippen LogP contribution in [-0.2, 0) is 7.05 Å². The Kier molecular flexibility index (Phi) is 4.90. The van der Waals surface area contributed by atoms with Crippen molar-refractivity contribution >= 4 is 11.8 Å². The fourth-order valence-corrected chi connectivity index (χ4v) is 4.23. The topological polar surface area (TPSA) is 80.6 Å². The number of ether oxygens (including phenoxy) is 1. The van der Waals surface area contributed by atoms with Crippen molar-refractivity contribution in [1.82, 2.24) is 14.8 Å². The lowest BCUT2D eigenvalue weighted by atomic mass is 9.81. The second-order valence-electron chi connectivity index (χ2n) is 7.98. The molecular weight excluding hydrogens is 370 g/mol. The quantitative estimate of drug-likeness (QED) is 0.843. The van der Waals surface area contributed by atoms with Gasteiger partial charge in [-0.05, 0) is 43.9 Å². The number of fused-ring (bicyclic) bond motifs is 1. The number of hydrogen-bond donors (Lipinski definition) is 1. The van der Waals surface area contributed by atoms with Gasteiger partial charge in [-0.2, -0.15) is 0 Å². The highest BCUT2D eigenvalue weighted by molar-refractivity contribution is 5.97. The van der Waals surface area contributed by atoms with Gasteiger partial charge in [0.2, 0.25) is 5.56 Å². The first kappa shape index (κ1) is 19.2. The van der Waals surface area contributed by atoms with Gasteiger partial charge in [-0.15, -0.1) is 0 Å². The van der Waals surface area contributed by atoms with Crippen LogP contribution in [0, 0.1) is 0 Å². The molecule has 0 unspecified atom stereocenters. The third-order valence-electron chi connectivity index (χ3n) is 6.10. The fourth-order valence-electron chi connectivity index (χ4n) is 4.23. The smallest absolute Gasteiger partial charge is 0.255 e. The van der Waals surface area contributed by atoms with E-state index in [-0.39, 0.29) is 23.4 Å². The van der Waals surface area contributed by atoms with E-state index in [0.717, 1.165) is 25.7 Å². The van der Waals surface area contributed by atoms with Gasteiger partial charge in [-0.1, -0.05) is 12.1 Å². The molecule has 1 saturated carbocycles. The molecule has 0 atom stereocenters. The van der Waals surface area contributed by atoms with Gasteiger partial charge in [0, 0.05) is 32.4 Å². The standard InChI is InChI=1S/C22H25N3O4/c1-24-13-15(7-8-19(24)26)21(28)25(2)16-9-11-22(12-10-16)14-23-20(27)17-5-3-4-6-18(17)29-22/h3-8,13,16H,9-12,14H2,1-2H3,(H,23,27). The molecule has 1 aliphatic carbocycles. The van der Waals surface area contributed by atoms with E-state index in [4.69, 9.17) is 4.74 Å². The Balaban J connectivity index is 1.46. The lowest BCUT2D eigenvalue weighted by molar-refractivity contribution is 0.0103. The summed E-state index contributed by atoms with van der Waals surface area (Å²) >= 11 is 0. The van der Waals surface area contributed by atoms with Gasteiger partial charge in [0.15, 0.2) is 0 Å². The monoisotopic (exact) mass is 395 g/mol. The maximum absolute atomic E-state index is 12.9. The summed E-state index contributed by atoms with van der Waals surface area (Å²) in [7, 11) is 3.44. The number of carbonyl (C=O) groups excluding carboxylic acids is 2. The number of pyridine rings is 1. The highest BCUT2D eigenvalue weighted by Gasteiger charge is 2.41. The van der Waals surface area contributed by atoms with Crippen LogP contribution in [0.5, 0.6) is 5.75 Å². The number of benzene rings is 1. The van der Waals surface area contributed by atoms with Crippen LogP contribution in [0.15, 0.2) is 47.4 Å². The summed E-state index contributed by atoms with van der Waals surface area (Å²) in [6, 6.07) is 10.4. The first-order valence-electron chi connectivity index (χ1n) is 9.89. The number of para-hydroxylation sites is 1. The highest BCUT2D eigenvalue weighted by atomic mass is 16.5. The van der Waals surface area contributed by atoms with Gasteiger partial charge in [0.1, 0.15) is 11.4 Å². The molecule has 1 fully saturated rings. The van der Waals surface area contributed by atoms with Crippen LogP contribution in [-0.4, -0.2) is 46.5 Å². The minimum atomic E-state index is -0.445. The normalized spacial score (nSPS) is 23.5. The molecule has 2 amide bonds. The number of aryl methyl sites for hydroxylation is 1. The van der Waals surface area contributed by atoms with Crippen molar-refractivity contribution < 1.29 is 14.3 Å². The Labute approximate surface area is 169 Å². The number of carbonyl (C=O) groups is 2. The Hall–Kier alpha value is -3.09. The third-order valence-corrected chi connectivity index (χ3v) is 6.10. The second kappa shape index (κ2) is 7.39. The SMILES string of the molecule is CN(C(=O)c1ccc(=O)n(C)c1)C1CCC2(CC1)CNC(=O)c1ccccc1O2. The molecule has 2 heterocycles. The molecule has 7 nitrogen and oxygen atoms in total. The van der Waals surface area contributed by atoms with Gasteiger partial charge in [0.05, 0.1) is 17.7 Å². The zero-order chi connectivity index (χ0) is 20.6. The second-order valence-corrected chi connectivity index (χ2v) is 7.98. The van der Waals surface area contributed by atoms with E-state index in [1.165, 1.54) is 10.6 Å². The van der Waals surface area contributed by atoms with Crippen LogP contribution in [0.25, 0.3) is 0 Å². The van der Waals surface area contributed by atoms with Crippen molar-refractivity contribution in [3.63, 3.8) is 0 Å². The average Bonchev–Trinajstić information content (AvgIpc) is 2.87. The summed E-state index contributed by atoms with van der Waals surface area (Å²) < 4.78 is 7.75. The fraction of sp³-hybridized carbons (Fsp3) is 0.409. The Morgan fingerprint density at radius 3 is 2.62 bits per heavy atom. The van der Waals surface area contributed by atoms with Crippen molar-refractivity contribution in [2.24, 2.45) is 7.05 Å². The summed E-state index contributed by atoms with van der Waals surface area (Å²) in [6.07, 6.45) is 4.64. The molecule has 1 aliphatic heterocycles. The molecule has 29 heavy (non-hydrogen) atoms. The molecule has 152 valence electrons. The van der Waals surface area contributed by atoms with Gasteiger partial charge in [0.25, 0.3) is 11.8 Å². The van der Waals surface area contributed by atoms with E-state index >= 15 is 0 Å². The predicted molar refractivity (Wildman–Crippen MR) is 108 cm³/mol. The highest BCUT2D eigenvalue weighted by Crippen LogP contribution is 2.37. The number of nitrogens with zero attached hydrogens (tertiary/aromatic N) is 2. The molecule has 1 spiro atoms.